The molecule has 3 nitrogen and oxygen atoms in total. The molecule has 0 saturated carbocycles. The van der Waals surface area contributed by atoms with E-state index in [2.05, 4.69) is 13.2 Å². The molecule has 0 amide bonds. The van der Waals surface area contributed by atoms with E-state index in [0.29, 0.717) is 0 Å². The minimum atomic E-state index is -0.332. The average Bonchev–Trinajstić information content (AvgIpc) is 2.61. The van der Waals surface area contributed by atoms with Crippen molar-refractivity contribution >= 4 is 11.9 Å². The highest BCUT2D eigenvalue weighted by atomic mass is 16.6. The normalized spacial score (nSPS) is 13.0. The lowest BCUT2D eigenvalue weighted by Gasteiger charge is -2.17. The SMILES string of the molecule is C=CCCCCCC(CC)C(=O)OC(=O)C(CC)CCCCCC=C. The smallest absolute Gasteiger partial charge is 0.316 e. The predicted molar refractivity (Wildman–Crippen MR) is 105 cm³/mol. The van der Waals surface area contributed by atoms with E-state index in [1.54, 1.807) is 0 Å². The second-order valence-corrected chi connectivity index (χ2v) is 6.80. The molecule has 144 valence electrons. The molecule has 0 aromatic heterocycles. The van der Waals surface area contributed by atoms with E-state index in [0.717, 1.165) is 77.0 Å². The maximum Gasteiger partial charge on any atom is 0.316 e. The first-order valence-corrected chi connectivity index (χ1v) is 10.1. The molecule has 2 unspecified atom stereocenters. The van der Waals surface area contributed by atoms with Gasteiger partial charge >= 0.3 is 11.9 Å². The van der Waals surface area contributed by atoms with Crippen LogP contribution in [0, 0.1) is 11.8 Å². The molecule has 0 N–H and O–H groups in total. The van der Waals surface area contributed by atoms with Crippen LogP contribution in [0.25, 0.3) is 0 Å². The highest BCUT2D eigenvalue weighted by molar-refractivity contribution is 5.87. The van der Waals surface area contributed by atoms with Crippen LogP contribution in [0.1, 0.15) is 90.9 Å². The number of unbranched alkanes of at least 4 members (excludes halogenated alkanes) is 6. The molecule has 0 aliphatic rings. The van der Waals surface area contributed by atoms with Crippen molar-refractivity contribution in [2.24, 2.45) is 11.8 Å². The largest absolute Gasteiger partial charge is 0.393 e. The number of hydrogen-bond acceptors (Lipinski definition) is 3. The molecular weight excluding hydrogens is 312 g/mol. The molecule has 0 bridgehead atoms. The summed E-state index contributed by atoms with van der Waals surface area (Å²) >= 11 is 0. The van der Waals surface area contributed by atoms with Gasteiger partial charge < -0.3 is 4.74 Å². The van der Waals surface area contributed by atoms with Gasteiger partial charge in [-0.1, -0.05) is 51.7 Å². The Kier molecular flexibility index (Phi) is 15.2. The average molecular weight is 351 g/mol. The first kappa shape index (κ1) is 23.6. The number of carbonyl (C=O) groups is 2. The summed E-state index contributed by atoms with van der Waals surface area (Å²) in [7, 11) is 0. The van der Waals surface area contributed by atoms with Gasteiger partial charge in [0.2, 0.25) is 0 Å². The second-order valence-electron chi connectivity index (χ2n) is 6.80. The number of ether oxygens (including phenoxy) is 1. The quantitative estimate of drug-likeness (QED) is 0.140. The Bertz CT molecular complexity index is 351. The Morgan fingerprint density at radius 1 is 0.760 bits per heavy atom. The molecule has 0 aliphatic carbocycles. The molecule has 0 spiro atoms. The van der Waals surface area contributed by atoms with Gasteiger partial charge in [0, 0.05) is 0 Å². The molecular formula is C22H38O3. The van der Waals surface area contributed by atoms with Gasteiger partial charge in [-0.05, 0) is 51.4 Å². The Balaban J connectivity index is 4.20. The number of hydrogen-bond donors (Lipinski definition) is 0. The predicted octanol–water partition coefficient (Wildman–Crippen LogP) is 6.38. The summed E-state index contributed by atoms with van der Waals surface area (Å²) in [5.41, 5.74) is 0. The molecule has 0 heterocycles. The van der Waals surface area contributed by atoms with Crippen LogP contribution in [0.3, 0.4) is 0 Å². The van der Waals surface area contributed by atoms with Crippen molar-refractivity contribution in [3.63, 3.8) is 0 Å². The minimum absolute atomic E-state index is 0.155. The number of esters is 2. The molecule has 25 heavy (non-hydrogen) atoms. The lowest BCUT2D eigenvalue weighted by atomic mass is 9.97. The van der Waals surface area contributed by atoms with Crippen LogP contribution in [-0.4, -0.2) is 11.9 Å². The van der Waals surface area contributed by atoms with Gasteiger partial charge in [-0.25, -0.2) is 0 Å². The van der Waals surface area contributed by atoms with Crippen LogP contribution in [0.2, 0.25) is 0 Å². The van der Waals surface area contributed by atoms with Crippen LogP contribution < -0.4 is 0 Å². The maximum atomic E-state index is 12.3. The highest BCUT2D eigenvalue weighted by Crippen LogP contribution is 2.20. The zero-order valence-corrected chi connectivity index (χ0v) is 16.4. The van der Waals surface area contributed by atoms with Gasteiger partial charge in [-0.3, -0.25) is 9.59 Å². The molecule has 2 atom stereocenters. The Labute approximate surface area is 154 Å². The van der Waals surface area contributed by atoms with Crippen molar-refractivity contribution in [1.82, 2.24) is 0 Å². The summed E-state index contributed by atoms with van der Waals surface area (Å²) < 4.78 is 5.20. The zero-order chi connectivity index (χ0) is 18.9. The Morgan fingerprint density at radius 3 is 1.48 bits per heavy atom. The van der Waals surface area contributed by atoms with Crippen LogP contribution in [0.4, 0.5) is 0 Å². The summed E-state index contributed by atoms with van der Waals surface area (Å²) in [6, 6.07) is 0. The van der Waals surface area contributed by atoms with Crippen molar-refractivity contribution < 1.29 is 14.3 Å². The lowest BCUT2D eigenvalue weighted by Crippen LogP contribution is -2.25. The molecule has 0 aliphatic heterocycles. The topological polar surface area (TPSA) is 43.4 Å². The fourth-order valence-electron chi connectivity index (χ4n) is 2.96. The summed E-state index contributed by atoms with van der Waals surface area (Å²) in [5.74, 6) is -0.974. The summed E-state index contributed by atoms with van der Waals surface area (Å²) in [6.07, 6.45) is 15.3. The van der Waals surface area contributed by atoms with Gasteiger partial charge in [0.1, 0.15) is 0 Å². The van der Waals surface area contributed by atoms with E-state index in [1.807, 2.05) is 26.0 Å². The van der Waals surface area contributed by atoms with Crippen molar-refractivity contribution in [2.45, 2.75) is 90.9 Å². The zero-order valence-electron chi connectivity index (χ0n) is 16.4. The molecule has 0 aromatic rings. The van der Waals surface area contributed by atoms with Crippen molar-refractivity contribution in [3.8, 4) is 0 Å². The van der Waals surface area contributed by atoms with Crippen LogP contribution in [0.15, 0.2) is 25.3 Å². The number of carbonyl (C=O) groups excluding carboxylic acids is 2. The first-order valence-electron chi connectivity index (χ1n) is 10.1. The van der Waals surface area contributed by atoms with Gasteiger partial charge in [0.15, 0.2) is 0 Å². The standard InChI is InChI=1S/C22H38O3/c1-5-9-11-13-15-17-19(7-3)21(23)25-22(24)20(8-4)18-16-14-12-10-6-2/h5-6,19-20H,1-2,7-18H2,3-4H3. The van der Waals surface area contributed by atoms with E-state index in [4.69, 9.17) is 4.74 Å². The second kappa shape index (κ2) is 16.1. The molecule has 3 heteroatoms. The third-order valence-electron chi connectivity index (χ3n) is 4.78. The molecule has 0 saturated heterocycles. The Morgan fingerprint density at radius 2 is 1.16 bits per heavy atom. The van der Waals surface area contributed by atoms with E-state index in [-0.39, 0.29) is 23.8 Å². The molecule has 0 radical (unpaired) electrons. The Hall–Kier alpha value is -1.38. The maximum absolute atomic E-state index is 12.3. The fourth-order valence-corrected chi connectivity index (χ4v) is 2.96. The van der Waals surface area contributed by atoms with Gasteiger partial charge in [0.05, 0.1) is 11.8 Å². The summed E-state index contributed by atoms with van der Waals surface area (Å²) in [6.45, 7) is 11.4. The monoisotopic (exact) mass is 350 g/mol. The highest BCUT2D eigenvalue weighted by Gasteiger charge is 2.25. The van der Waals surface area contributed by atoms with E-state index >= 15 is 0 Å². The van der Waals surface area contributed by atoms with E-state index in [9.17, 15) is 9.59 Å². The van der Waals surface area contributed by atoms with Crippen LogP contribution in [-0.2, 0) is 14.3 Å². The van der Waals surface area contributed by atoms with Crippen molar-refractivity contribution in [1.29, 1.82) is 0 Å². The van der Waals surface area contributed by atoms with Gasteiger partial charge in [-0.15, -0.1) is 13.2 Å². The third-order valence-corrected chi connectivity index (χ3v) is 4.78. The fraction of sp³-hybridized carbons (Fsp3) is 0.727. The summed E-state index contributed by atoms with van der Waals surface area (Å²) in [5, 5.41) is 0. The number of rotatable bonds is 16. The van der Waals surface area contributed by atoms with Crippen molar-refractivity contribution in [3.05, 3.63) is 25.3 Å². The van der Waals surface area contributed by atoms with Gasteiger partial charge in [-0.2, -0.15) is 0 Å². The molecule has 0 aromatic carbocycles. The van der Waals surface area contributed by atoms with Crippen molar-refractivity contribution in [2.75, 3.05) is 0 Å². The molecule has 0 rings (SSSR count). The van der Waals surface area contributed by atoms with Crippen LogP contribution in [0.5, 0.6) is 0 Å². The number of allylic oxidation sites excluding steroid dienone is 2. The summed E-state index contributed by atoms with van der Waals surface area (Å²) in [4.78, 5) is 24.5. The molecule has 0 fully saturated rings. The minimum Gasteiger partial charge on any atom is -0.393 e. The van der Waals surface area contributed by atoms with E-state index < -0.39 is 0 Å². The van der Waals surface area contributed by atoms with Gasteiger partial charge in [0.25, 0.3) is 0 Å². The third kappa shape index (κ3) is 11.7. The lowest BCUT2D eigenvalue weighted by molar-refractivity contribution is -0.166. The first-order chi connectivity index (χ1) is 12.1. The van der Waals surface area contributed by atoms with Crippen LogP contribution >= 0.6 is 0 Å². The van der Waals surface area contributed by atoms with E-state index in [1.165, 1.54) is 0 Å².